The number of benzene rings is 1. The lowest BCUT2D eigenvalue weighted by atomic mass is 9.98. The molecule has 1 atom stereocenters. The quantitative estimate of drug-likeness (QED) is 0.754. The topological polar surface area (TPSA) is 21.3 Å². The van der Waals surface area contributed by atoms with Crippen LogP contribution in [-0.4, -0.2) is 13.7 Å². The van der Waals surface area contributed by atoms with Crippen molar-refractivity contribution in [1.82, 2.24) is 5.32 Å². The maximum absolute atomic E-state index is 5.48. The summed E-state index contributed by atoms with van der Waals surface area (Å²) >= 11 is 5.38. The summed E-state index contributed by atoms with van der Waals surface area (Å²) in [5, 5.41) is 3.66. The Morgan fingerprint density at radius 3 is 2.62 bits per heavy atom. The minimum absolute atomic E-state index is 0.210. The third-order valence-electron chi connectivity index (χ3n) is 3.60. The monoisotopic (exact) mass is 367 g/mol. The first-order chi connectivity index (χ1) is 10.1. The Balaban J connectivity index is 2.42. The standard InChI is InChI=1S/C17H22BrNOS/c1-5-8-19-17(14-10-16(18)21-12(14)3)13-7-6-11(2)15(9-13)20-4/h6-7,9-10,17,19H,5,8H2,1-4H3. The highest BCUT2D eigenvalue weighted by molar-refractivity contribution is 9.11. The highest BCUT2D eigenvalue weighted by Crippen LogP contribution is 2.35. The summed E-state index contributed by atoms with van der Waals surface area (Å²) in [4.78, 5) is 1.34. The van der Waals surface area contributed by atoms with E-state index < -0.39 is 0 Å². The summed E-state index contributed by atoms with van der Waals surface area (Å²) in [6, 6.07) is 8.90. The lowest BCUT2D eigenvalue weighted by Gasteiger charge is -2.20. The van der Waals surface area contributed by atoms with Crippen LogP contribution in [0.2, 0.25) is 0 Å². The molecule has 2 nitrogen and oxygen atoms in total. The van der Waals surface area contributed by atoms with Crippen LogP contribution in [0.15, 0.2) is 28.1 Å². The zero-order valence-corrected chi connectivity index (χ0v) is 15.4. The summed E-state index contributed by atoms with van der Waals surface area (Å²) in [5.74, 6) is 0.947. The molecule has 0 bridgehead atoms. The smallest absolute Gasteiger partial charge is 0.122 e. The van der Waals surface area contributed by atoms with Crippen molar-refractivity contribution in [2.45, 2.75) is 33.2 Å². The molecule has 0 aliphatic heterocycles. The Bertz CT molecular complexity index is 609. The number of nitrogens with one attached hydrogen (secondary N) is 1. The Hall–Kier alpha value is -0.840. The summed E-state index contributed by atoms with van der Waals surface area (Å²) in [6.45, 7) is 7.43. The van der Waals surface area contributed by atoms with E-state index in [0.29, 0.717) is 0 Å². The predicted molar refractivity (Wildman–Crippen MR) is 94.6 cm³/mol. The normalized spacial score (nSPS) is 12.4. The van der Waals surface area contributed by atoms with E-state index in [4.69, 9.17) is 4.74 Å². The molecule has 0 radical (unpaired) electrons. The van der Waals surface area contributed by atoms with Gasteiger partial charge in [-0.05, 0) is 71.6 Å². The second-order valence-electron chi connectivity index (χ2n) is 5.18. The number of aryl methyl sites for hydroxylation is 2. The van der Waals surface area contributed by atoms with Gasteiger partial charge in [-0.15, -0.1) is 11.3 Å². The van der Waals surface area contributed by atoms with Gasteiger partial charge in [0.05, 0.1) is 16.9 Å². The number of hydrogen-bond acceptors (Lipinski definition) is 3. The number of halogens is 1. The summed E-state index contributed by atoms with van der Waals surface area (Å²) in [5.41, 5.74) is 3.75. The highest BCUT2D eigenvalue weighted by Gasteiger charge is 2.18. The largest absolute Gasteiger partial charge is 0.496 e. The first-order valence-corrected chi connectivity index (χ1v) is 8.81. The second kappa shape index (κ2) is 7.43. The van der Waals surface area contributed by atoms with Crippen molar-refractivity contribution in [3.63, 3.8) is 0 Å². The molecule has 1 heterocycles. The van der Waals surface area contributed by atoms with E-state index in [9.17, 15) is 0 Å². The van der Waals surface area contributed by atoms with Gasteiger partial charge in [0.1, 0.15) is 5.75 Å². The fraction of sp³-hybridized carbons (Fsp3) is 0.412. The van der Waals surface area contributed by atoms with Crippen molar-refractivity contribution in [1.29, 1.82) is 0 Å². The molecule has 1 aromatic heterocycles. The van der Waals surface area contributed by atoms with E-state index in [2.05, 4.69) is 66.3 Å². The SMILES string of the molecule is CCCNC(c1ccc(C)c(OC)c1)c1cc(Br)sc1C. The molecule has 114 valence electrons. The minimum Gasteiger partial charge on any atom is -0.496 e. The van der Waals surface area contributed by atoms with E-state index >= 15 is 0 Å². The minimum atomic E-state index is 0.210. The van der Waals surface area contributed by atoms with Crippen molar-refractivity contribution in [2.24, 2.45) is 0 Å². The van der Waals surface area contributed by atoms with Crippen molar-refractivity contribution >= 4 is 27.3 Å². The molecule has 0 spiro atoms. The third kappa shape index (κ3) is 3.87. The molecule has 0 aliphatic carbocycles. The highest BCUT2D eigenvalue weighted by atomic mass is 79.9. The molecule has 0 fully saturated rings. The number of hydrogen-bond donors (Lipinski definition) is 1. The van der Waals surface area contributed by atoms with Gasteiger partial charge < -0.3 is 10.1 Å². The second-order valence-corrected chi connectivity index (χ2v) is 7.81. The van der Waals surface area contributed by atoms with Crippen LogP contribution in [0.5, 0.6) is 5.75 Å². The van der Waals surface area contributed by atoms with Gasteiger partial charge in [-0.3, -0.25) is 0 Å². The van der Waals surface area contributed by atoms with Gasteiger partial charge in [0.15, 0.2) is 0 Å². The fourth-order valence-corrected chi connectivity index (χ4v) is 4.21. The average molecular weight is 368 g/mol. The molecule has 0 amide bonds. The molecule has 0 saturated carbocycles. The summed E-state index contributed by atoms with van der Waals surface area (Å²) in [7, 11) is 1.73. The van der Waals surface area contributed by atoms with Crippen LogP contribution >= 0.6 is 27.3 Å². The Morgan fingerprint density at radius 2 is 2.05 bits per heavy atom. The number of ether oxygens (including phenoxy) is 1. The lowest BCUT2D eigenvalue weighted by molar-refractivity contribution is 0.410. The van der Waals surface area contributed by atoms with Gasteiger partial charge in [0, 0.05) is 4.88 Å². The fourth-order valence-electron chi connectivity index (χ4n) is 2.46. The van der Waals surface area contributed by atoms with Gasteiger partial charge in [0.25, 0.3) is 0 Å². The van der Waals surface area contributed by atoms with Crippen LogP contribution in [-0.2, 0) is 0 Å². The van der Waals surface area contributed by atoms with Gasteiger partial charge in [0.2, 0.25) is 0 Å². The van der Waals surface area contributed by atoms with Gasteiger partial charge in [-0.2, -0.15) is 0 Å². The first-order valence-electron chi connectivity index (χ1n) is 7.20. The molecule has 4 heteroatoms. The predicted octanol–water partition coefficient (Wildman–Crippen LogP) is 5.23. The Kier molecular flexibility index (Phi) is 5.85. The summed E-state index contributed by atoms with van der Waals surface area (Å²) in [6.07, 6.45) is 1.11. The molecule has 1 N–H and O–H groups in total. The van der Waals surface area contributed by atoms with Gasteiger partial charge >= 0.3 is 0 Å². The molecule has 21 heavy (non-hydrogen) atoms. The van der Waals surface area contributed by atoms with E-state index in [1.807, 2.05) is 0 Å². The molecule has 2 rings (SSSR count). The molecule has 0 saturated heterocycles. The Morgan fingerprint density at radius 1 is 1.29 bits per heavy atom. The molecular formula is C17H22BrNOS. The van der Waals surface area contributed by atoms with Gasteiger partial charge in [-0.1, -0.05) is 19.1 Å². The van der Waals surface area contributed by atoms with Gasteiger partial charge in [-0.25, -0.2) is 0 Å². The number of thiophene rings is 1. The molecule has 2 aromatic rings. The van der Waals surface area contributed by atoms with Crippen molar-refractivity contribution in [2.75, 3.05) is 13.7 Å². The number of rotatable bonds is 6. The van der Waals surface area contributed by atoms with E-state index in [1.54, 1.807) is 18.4 Å². The van der Waals surface area contributed by atoms with Crippen LogP contribution in [0, 0.1) is 13.8 Å². The van der Waals surface area contributed by atoms with E-state index in [1.165, 1.54) is 25.4 Å². The van der Waals surface area contributed by atoms with Crippen LogP contribution in [0.4, 0.5) is 0 Å². The van der Waals surface area contributed by atoms with Crippen molar-refractivity contribution in [3.8, 4) is 5.75 Å². The molecule has 1 aromatic carbocycles. The average Bonchev–Trinajstić information content (AvgIpc) is 2.79. The van der Waals surface area contributed by atoms with E-state index in [-0.39, 0.29) is 6.04 Å². The van der Waals surface area contributed by atoms with Crippen LogP contribution in [0.1, 0.15) is 41.0 Å². The van der Waals surface area contributed by atoms with Crippen LogP contribution in [0.3, 0.4) is 0 Å². The molecule has 1 unspecified atom stereocenters. The summed E-state index contributed by atoms with van der Waals surface area (Å²) < 4.78 is 6.66. The lowest BCUT2D eigenvalue weighted by Crippen LogP contribution is -2.23. The molecule has 0 aliphatic rings. The first kappa shape index (κ1) is 16.5. The maximum atomic E-state index is 5.48. The zero-order valence-electron chi connectivity index (χ0n) is 13.0. The number of methoxy groups -OCH3 is 1. The zero-order chi connectivity index (χ0) is 15.4. The van der Waals surface area contributed by atoms with Crippen molar-refractivity contribution in [3.05, 3.63) is 49.6 Å². The van der Waals surface area contributed by atoms with E-state index in [0.717, 1.165) is 18.7 Å². The van der Waals surface area contributed by atoms with Crippen molar-refractivity contribution < 1.29 is 4.74 Å². The maximum Gasteiger partial charge on any atom is 0.122 e. The molecular weight excluding hydrogens is 346 g/mol. The Labute approximate surface area is 139 Å². The van der Waals surface area contributed by atoms with Crippen LogP contribution < -0.4 is 10.1 Å². The third-order valence-corrected chi connectivity index (χ3v) is 5.17. The van der Waals surface area contributed by atoms with Crippen LogP contribution in [0.25, 0.3) is 0 Å².